The molecule has 4 heteroatoms. The van der Waals surface area contributed by atoms with Gasteiger partial charge in [0, 0.05) is 33.3 Å². The lowest BCUT2D eigenvalue weighted by molar-refractivity contribution is -0.903. The van der Waals surface area contributed by atoms with Gasteiger partial charge >= 0.3 is 0 Å². The van der Waals surface area contributed by atoms with E-state index in [0.29, 0.717) is 0 Å². The maximum absolute atomic E-state index is 6.37. The van der Waals surface area contributed by atoms with Crippen LogP contribution in [0, 0.1) is 0 Å². The summed E-state index contributed by atoms with van der Waals surface area (Å²) >= 11 is 8.20. The van der Waals surface area contributed by atoms with E-state index in [0.717, 1.165) is 35.6 Å². The summed E-state index contributed by atoms with van der Waals surface area (Å²) in [7, 11) is 4.67. The Morgan fingerprint density at radius 1 is 0.781 bits per heavy atom. The SMILES string of the molecule is C[N+](C)(CCCN1c2ccccc2Sc2ccc(Cl)cc21)Cc1ccc2ccccc2c1. The third-order valence-electron chi connectivity index (χ3n) is 6.16. The van der Waals surface area contributed by atoms with Crippen LogP contribution in [0.25, 0.3) is 10.8 Å². The zero-order chi connectivity index (χ0) is 22.1. The van der Waals surface area contributed by atoms with Crippen molar-refractivity contribution in [3.63, 3.8) is 0 Å². The van der Waals surface area contributed by atoms with Gasteiger partial charge in [-0.3, -0.25) is 0 Å². The van der Waals surface area contributed by atoms with Gasteiger partial charge in [0.05, 0.1) is 32.0 Å². The molecule has 0 bridgehead atoms. The van der Waals surface area contributed by atoms with Gasteiger partial charge in [-0.15, -0.1) is 0 Å². The molecule has 0 fully saturated rings. The summed E-state index contributed by atoms with van der Waals surface area (Å²) in [6.07, 6.45) is 1.10. The largest absolute Gasteiger partial charge is 0.339 e. The van der Waals surface area contributed by atoms with Crippen LogP contribution in [0.15, 0.2) is 94.7 Å². The van der Waals surface area contributed by atoms with Crippen LogP contribution in [0.1, 0.15) is 12.0 Å². The Hall–Kier alpha value is -2.46. The Bertz CT molecular complexity index is 1270. The molecule has 0 saturated carbocycles. The Morgan fingerprint density at radius 3 is 2.41 bits per heavy atom. The lowest BCUT2D eigenvalue weighted by Crippen LogP contribution is -2.40. The van der Waals surface area contributed by atoms with Crippen molar-refractivity contribution in [2.24, 2.45) is 0 Å². The molecule has 4 aromatic carbocycles. The second kappa shape index (κ2) is 8.82. The standard InChI is InChI=1S/C28H28ClN2S/c1-31(2,20-21-12-13-22-8-3-4-9-23(22)18-21)17-7-16-30-25-10-5-6-11-27(25)32-28-15-14-24(29)19-26(28)30/h3-6,8-15,18-19H,7,16-17,20H2,1-2H3/q+1. The number of hydrogen-bond acceptors (Lipinski definition) is 2. The lowest BCUT2D eigenvalue weighted by atomic mass is 10.1. The summed E-state index contributed by atoms with van der Waals surface area (Å²) in [5.41, 5.74) is 3.90. The molecule has 162 valence electrons. The number of hydrogen-bond donors (Lipinski definition) is 0. The maximum atomic E-state index is 6.37. The highest BCUT2D eigenvalue weighted by molar-refractivity contribution is 7.99. The number of fused-ring (bicyclic) bond motifs is 3. The van der Waals surface area contributed by atoms with Crippen LogP contribution in [-0.4, -0.2) is 31.7 Å². The first kappa shape index (κ1) is 21.4. The Morgan fingerprint density at radius 2 is 1.53 bits per heavy atom. The number of benzene rings is 4. The number of quaternary nitrogens is 1. The van der Waals surface area contributed by atoms with E-state index in [-0.39, 0.29) is 0 Å². The number of halogens is 1. The number of anilines is 2. The van der Waals surface area contributed by atoms with Gasteiger partial charge in [0.25, 0.3) is 0 Å². The second-order valence-corrected chi connectivity index (χ2v) is 10.7. The molecule has 4 aromatic rings. The van der Waals surface area contributed by atoms with E-state index in [4.69, 9.17) is 11.6 Å². The van der Waals surface area contributed by atoms with Crippen LogP contribution < -0.4 is 4.90 Å². The monoisotopic (exact) mass is 459 g/mol. The fourth-order valence-corrected chi connectivity index (χ4v) is 5.85. The Labute approximate surface area is 200 Å². The van der Waals surface area contributed by atoms with Gasteiger partial charge in [-0.05, 0) is 47.2 Å². The van der Waals surface area contributed by atoms with Gasteiger partial charge in [0.15, 0.2) is 0 Å². The van der Waals surface area contributed by atoms with Crippen LogP contribution in [0.5, 0.6) is 0 Å². The predicted octanol–water partition coefficient (Wildman–Crippen LogP) is 7.76. The minimum atomic E-state index is 0.793. The topological polar surface area (TPSA) is 3.24 Å². The molecule has 0 amide bonds. The first-order valence-electron chi connectivity index (χ1n) is 11.1. The molecule has 5 rings (SSSR count). The second-order valence-electron chi connectivity index (χ2n) is 9.19. The molecule has 1 aliphatic rings. The first-order chi connectivity index (χ1) is 15.5. The fourth-order valence-electron chi connectivity index (χ4n) is 4.61. The van der Waals surface area contributed by atoms with Crippen LogP contribution >= 0.6 is 23.4 Å². The third-order valence-corrected chi connectivity index (χ3v) is 7.52. The molecule has 0 radical (unpaired) electrons. The first-order valence-corrected chi connectivity index (χ1v) is 12.3. The molecule has 0 aliphatic carbocycles. The number of nitrogens with zero attached hydrogens (tertiary/aromatic N) is 2. The van der Waals surface area contributed by atoms with E-state index in [1.165, 1.54) is 37.5 Å². The maximum Gasteiger partial charge on any atom is 0.104 e. The molecule has 0 aromatic heterocycles. The van der Waals surface area contributed by atoms with Crippen molar-refractivity contribution in [2.45, 2.75) is 22.8 Å². The third kappa shape index (κ3) is 4.52. The van der Waals surface area contributed by atoms with Crippen molar-refractivity contribution in [2.75, 3.05) is 32.1 Å². The van der Waals surface area contributed by atoms with E-state index in [2.05, 4.69) is 97.9 Å². The van der Waals surface area contributed by atoms with E-state index in [9.17, 15) is 0 Å². The summed E-state index contributed by atoms with van der Waals surface area (Å²) in [6, 6.07) is 30.4. The summed E-state index contributed by atoms with van der Waals surface area (Å²) in [5, 5.41) is 3.42. The Balaban J connectivity index is 1.30. The van der Waals surface area contributed by atoms with E-state index >= 15 is 0 Å². The zero-order valence-electron chi connectivity index (χ0n) is 18.6. The van der Waals surface area contributed by atoms with Crippen LogP contribution in [-0.2, 0) is 6.54 Å². The van der Waals surface area contributed by atoms with Gasteiger partial charge < -0.3 is 9.38 Å². The highest BCUT2D eigenvalue weighted by atomic mass is 35.5. The normalized spacial score (nSPS) is 13.2. The van der Waals surface area contributed by atoms with Gasteiger partial charge in [0.2, 0.25) is 0 Å². The minimum absolute atomic E-state index is 0.793. The summed E-state index contributed by atoms with van der Waals surface area (Å²) in [4.78, 5) is 5.04. The van der Waals surface area contributed by atoms with Gasteiger partial charge in [-0.25, -0.2) is 0 Å². The molecule has 32 heavy (non-hydrogen) atoms. The molecule has 0 atom stereocenters. The number of rotatable bonds is 6. The fraction of sp³-hybridized carbons (Fsp3) is 0.214. The summed E-state index contributed by atoms with van der Waals surface area (Å²) in [6.45, 7) is 3.11. The molecule has 1 aliphatic heterocycles. The molecule has 0 spiro atoms. The van der Waals surface area contributed by atoms with Crippen LogP contribution in [0.3, 0.4) is 0 Å². The average Bonchev–Trinajstić information content (AvgIpc) is 2.78. The van der Waals surface area contributed by atoms with Gasteiger partial charge in [0.1, 0.15) is 6.54 Å². The van der Waals surface area contributed by atoms with Crippen molar-refractivity contribution in [1.82, 2.24) is 0 Å². The average molecular weight is 460 g/mol. The van der Waals surface area contributed by atoms with Crippen molar-refractivity contribution >= 4 is 45.5 Å². The lowest BCUT2D eigenvalue weighted by Gasteiger charge is -2.35. The molecular formula is C28H28ClN2S+. The van der Waals surface area contributed by atoms with Gasteiger partial charge in [-0.2, -0.15) is 0 Å². The molecule has 0 unspecified atom stereocenters. The smallest absolute Gasteiger partial charge is 0.104 e. The van der Waals surface area contributed by atoms with Crippen molar-refractivity contribution in [3.8, 4) is 0 Å². The number of para-hydroxylation sites is 1. The van der Waals surface area contributed by atoms with Crippen molar-refractivity contribution in [3.05, 3.63) is 95.5 Å². The quantitative estimate of drug-likeness (QED) is 0.271. The van der Waals surface area contributed by atoms with E-state index in [1.54, 1.807) is 0 Å². The molecule has 0 N–H and O–H groups in total. The molecule has 1 heterocycles. The zero-order valence-corrected chi connectivity index (χ0v) is 20.2. The van der Waals surface area contributed by atoms with Crippen LogP contribution in [0.4, 0.5) is 11.4 Å². The Kier molecular flexibility index (Phi) is 5.90. The highest BCUT2D eigenvalue weighted by Gasteiger charge is 2.24. The van der Waals surface area contributed by atoms with E-state index < -0.39 is 0 Å². The molecular weight excluding hydrogens is 432 g/mol. The van der Waals surface area contributed by atoms with Crippen molar-refractivity contribution < 1.29 is 4.48 Å². The summed E-state index contributed by atoms with van der Waals surface area (Å²) in [5.74, 6) is 0. The highest BCUT2D eigenvalue weighted by Crippen LogP contribution is 2.48. The van der Waals surface area contributed by atoms with E-state index in [1.807, 2.05) is 17.8 Å². The predicted molar refractivity (Wildman–Crippen MR) is 138 cm³/mol. The van der Waals surface area contributed by atoms with Crippen LogP contribution in [0.2, 0.25) is 5.02 Å². The summed E-state index contributed by atoms with van der Waals surface area (Å²) < 4.78 is 0.963. The molecule has 2 nitrogen and oxygen atoms in total. The van der Waals surface area contributed by atoms with Gasteiger partial charge in [-0.1, -0.05) is 71.9 Å². The van der Waals surface area contributed by atoms with Crippen molar-refractivity contribution in [1.29, 1.82) is 0 Å². The molecule has 0 saturated heterocycles. The minimum Gasteiger partial charge on any atom is -0.339 e.